The fourth-order valence-electron chi connectivity index (χ4n) is 3.89. The Morgan fingerprint density at radius 2 is 1.92 bits per heavy atom. The van der Waals surface area contributed by atoms with Gasteiger partial charge in [-0.05, 0) is 31.4 Å². The Labute approximate surface area is 141 Å². The second-order valence-corrected chi connectivity index (χ2v) is 6.55. The first-order chi connectivity index (χ1) is 11.8. The Kier molecular flexibility index (Phi) is 4.58. The molecule has 5 nitrogen and oxygen atoms in total. The van der Waals surface area contributed by atoms with Crippen molar-refractivity contribution in [3.8, 4) is 0 Å². The van der Waals surface area contributed by atoms with E-state index < -0.39 is 0 Å². The van der Waals surface area contributed by atoms with Gasteiger partial charge in [0.1, 0.15) is 23.5 Å². The molecule has 2 aliphatic heterocycles. The number of anilines is 1. The third kappa shape index (κ3) is 3.08. The maximum absolute atomic E-state index is 14.0. The Bertz CT molecular complexity index is 704. The van der Waals surface area contributed by atoms with E-state index in [2.05, 4.69) is 19.8 Å². The number of benzene rings is 1. The Balaban J connectivity index is 1.54. The molecule has 1 aromatic heterocycles. The van der Waals surface area contributed by atoms with Crippen LogP contribution in [0.15, 0.2) is 24.5 Å². The smallest absolute Gasteiger partial charge is 0.149 e. The summed E-state index contributed by atoms with van der Waals surface area (Å²) in [6.45, 7) is 5.67. The molecule has 3 heterocycles. The summed E-state index contributed by atoms with van der Waals surface area (Å²) in [5.74, 6) is 0.583. The second-order valence-electron chi connectivity index (χ2n) is 6.55. The molecular weight excluding hydrogens is 307 g/mol. The largest absolute Gasteiger partial charge is 0.379 e. The summed E-state index contributed by atoms with van der Waals surface area (Å²) in [4.78, 5) is 13.4. The lowest BCUT2D eigenvalue weighted by atomic mass is 10.1. The van der Waals surface area contributed by atoms with E-state index in [0.717, 1.165) is 63.4 Å². The highest BCUT2D eigenvalue weighted by molar-refractivity contribution is 5.89. The molecule has 24 heavy (non-hydrogen) atoms. The zero-order valence-electron chi connectivity index (χ0n) is 13.8. The minimum atomic E-state index is -0.280. The monoisotopic (exact) mass is 330 g/mol. The fourth-order valence-corrected chi connectivity index (χ4v) is 3.89. The molecule has 2 saturated heterocycles. The number of nitrogens with zero attached hydrogens (tertiary/aromatic N) is 4. The van der Waals surface area contributed by atoms with Gasteiger partial charge in [0.25, 0.3) is 0 Å². The van der Waals surface area contributed by atoms with E-state index >= 15 is 0 Å². The van der Waals surface area contributed by atoms with Crippen LogP contribution in [0.5, 0.6) is 0 Å². The normalized spacial score (nSPS) is 23.4. The number of aromatic nitrogens is 2. The van der Waals surface area contributed by atoms with Crippen molar-refractivity contribution < 1.29 is 9.13 Å². The van der Waals surface area contributed by atoms with E-state index in [1.165, 1.54) is 18.8 Å². The SMILES string of the molecule is Fc1cccc2c(N3CCCC(N4CCOCC4)CC3)ncnc12. The Morgan fingerprint density at radius 1 is 1.04 bits per heavy atom. The molecule has 2 aromatic rings. The Hall–Kier alpha value is -1.79. The third-order valence-corrected chi connectivity index (χ3v) is 5.15. The van der Waals surface area contributed by atoms with Crippen molar-refractivity contribution in [3.63, 3.8) is 0 Å². The molecule has 0 amide bonds. The minimum Gasteiger partial charge on any atom is -0.379 e. The Morgan fingerprint density at radius 3 is 2.79 bits per heavy atom. The highest BCUT2D eigenvalue weighted by Gasteiger charge is 2.25. The number of morpholine rings is 1. The van der Waals surface area contributed by atoms with Gasteiger partial charge in [-0.2, -0.15) is 0 Å². The molecule has 0 saturated carbocycles. The lowest BCUT2D eigenvalue weighted by Gasteiger charge is -2.34. The zero-order chi connectivity index (χ0) is 16.4. The lowest BCUT2D eigenvalue weighted by Crippen LogP contribution is -2.43. The van der Waals surface area contributed by atoms with Gasteiger partial charge in [-0.1, -0.05) is 6.07 Å². The summed E-state index contributed by atoms with van der Waals surface area (Å²) < 4.78 is 19.5. The van der Waals surface area contributed by atoms with Crippen LogP contribution in [0.4, 0.5) is 10.2 Å². The molecule has 1 aromatic carbocycles. The van der Waals surface area contributed by atoms with Crippen LogP contribution in [0, 0.1) is 5.82 Å². The van der Waals surface area contributed by atoms with Crippen LogP contribution < -0.4 is 4.90 Å². The van der Waals surface area contributed by atoms with E-state index in [1.54, 1.807) is 6.07 Å². The van der Waals surface area contributed by atoms with E-state index in [1.807, 2.05) is 6.07 Å². The van der Waals surface area contributed by atoms with Gasteiger partial charge in [-0.3, -0.25) is 4.90 Å². The summed E-state index contributed by atoms with van der Waals surface area (Å²) in [7, 11) is 0. The van der Waals surface area contributed by atoms with Crippen molar-refractivity contribution in [2.45, 2.75) is 25.3 Å². The fraction of sp³-hybridized carbons (Fsp3) is 0.556. The average Bonchev–Trinajstić information content (AvgIpc) is 2.89. The van der Waals surface area contributed by atoms with Gasteiger partial charge in [0, 0.05) is 37.6 Å². The number of fused-ring (bicyclic) bond motifs is 1. The zero-order valence-corrected chi connectivity index (χ0v) is 13.8. The molecule has 128 valence electrons. The number of rotatable bonds is 2. The summed E-state index contributed by atoms with van der Waals surface area (Å²) in [6, 6.07) is 5.72. The van der Waals surface area contributed by atoms with Gasteiger partial charge >= 0.3 is 0 Å². The van der Waals surface area contributed by atoms with E-state index in [9.17, 15) is 4.39 Å². The number of halogens is 1. The molecule has 0 bridgehead atoms. The van der Waals surface area contributed by atoms with Gasteiger partial charge < -0.3 is 9.64 Å². The van der Waals surface area contributed by atoms with Crippen LogP contribution in [0.1, 0.15) is 19.3 Å². The van der Waals surface area contributed by atoms with Crippen molar-refractivity contribution in [3.05, 3.63) is 30.3 Å². The molecular formula is C18H23FN4O. The average molecular weight is 330 g/mol. The second kappa shape index (κ2) is 6.99. The van der Waals surface area contributed by atoms with Crippen LogP contribution in [0.3, 0.4) is 0 Å². The summed E-state index contributed by atoms with van der Waals surface area (Å²) >= 11 is 0. The van der Waals surface area contributed by atoms with Crippen molar-refractivity contribution in [1.82, 2.24) is 14.9 Å². The maximum Gasteiger partial charge on any atom is 0.149 e. The predicted octanol–water partition coefficient (Wildman–Crippen LogP) is 2.46. The van der Waals surface area contributed by atoms with Crippen LogP contribution in [0.2, 0.25) is 0 Å². The summed E-state index contributed by atoms with van der Waals surface area (Å²) in [5.41, 5.74) is 0.413. The molecule has 2 aliphatic rings. The van der Waals surface area contributed by atoms with E-state index in [0.29, 0.717) is 11.6 Å². The van der Waals surface area contributed by atoms with Crippen LogP contribution in [-0.4, -0.2) is 60.3 Å². The lowest BCUT2D eigenvalue weighted by molar-refractivity contribution is 0.0142. The van der Waals surface area contributed by atoms with Gasteiger partial charge in [0.2, 0.25) is 0 Å². The molecule has 2 fully saturated rings. The predicted molar refractivity (Wildman–Crippen MR) is 91.7 cm³/mol. The van der Waals surface area contributed by atoms with Crippen LogP contribution in [0.25, 0.3) is 10.9 Å². The third-order valence-electron chi connectivity index (χ3n) is 5.15. The molecule has 1 atom stereocenters. The van der Waals surface area contributed by atoms with E-state index in [-0.39, 0.29) is 5.82 Å². The van der Waals surface area contributed by atoms with Crippen molar-refractivity contribution >= 4 is 16.7 Å². The highest BCUT2D eigenvalue weighted by atomic mass is 19.1. The topological polar surface area (TPSA) is 41.5 Å². The van der Waals surface area contributed by atoms with Crippen molar-refractivity contribution in [1.29, 1.82) is 0 Å². The molecule has 0 aliphatic carbocycles. The molecule has 4 rings (SSSR count). The first kappa shape index (κ1) is 15.7. The first-order valence-electron chi connectivity index (χ1n) is 8.79. The van der Waals surface area contributed by atoms with Crippen LogP contribution >= 0.6 is 0 Å². The van der Waals surface area contributed by atoms with Crippen LogP contribution in [-0.2, 0) is 4.74 Å². The number of hydrogen-bond donors (Lipinski definition) is 0. The molecule has 1 unspecified atom stereocenters. The quantitative estimate of drug-likeness (QED) is 0.846. The standard InChI is InChI=1S/C18H23FN4O/c19-16-5-1-4-15-17(16)20-13-21-18(15)23-7-2-3-14(6-8-23)22-9-11-24-12-10-22/h1,4-5,13-14H,2-3,6-12H2. The van der Waals surface area contributed by atoms with Gasteiger partial charge in [0.05, 0.1) is 13.2 Å². The maximum atomic E-state index is 14.0. The van der Waals surface area contributed by atoms with Gasteiger partial charge in [-0.25, -0.2) is 14.4 Å². The highest BCUT2D eigenvalue weighted by Crippen LogP contribution is 2.27. The molecule has 6 heteroatoms. The molecule has 0 spiro atoms. The minimum absolute atomic E-state index is 0.280. The number of hydrogen-bond acceptors (Lipinski definition) is 5. The number of para-hydroxylation sites is 1. The van der Waals surface area contributed by atoms with Gasteiger partial charge in [0.15, 0.2) is 0 Å². The van der Waals surface area contributed by atoms with Crippen molar-refractivity contribution in [2.75, 3.05) is 44.3 Å². The molecule has 0 N–H and O–H groups in total. The van der Waals surface area contributed by atoms with Crippen molar-refractivity contribution in [2.24, 2.45) is 0 Å². The summed E-state index contributed by atoms with van der Waals surface area (Å²) in [6.07, 6.45) is 4.92. The van der Waals surface area contributed by atoms with Gasteiger partial charge in [-0.15, -0.1) is 0 Å². The summed E-state index contributed by atoms with van der Waals surface area (Å²) in [5, 5.41) is 0.808. The number of ether oxygens (including phenoxy) is 1. The van der Waals surface area contributed by atoms with E-state index in [4.69, 9.17) is 4.74 Å². The molecule has 0 radical (unpaired) electrons. The first-order valence-corrected chi connectivity index (χ1v) is 8.79.